The molecule has 2 rings (SSSR count). The molecule has 0 aromatic heterocycles. The van der Waals surface area contributed by atoms with Gasteiger partial charge in [-0.05, 0) is 36.4 Å². The minimum absolute atomic E-state index is 0.0259. The Hall–Kier alpha value is -1.75. The van der Waals surface area contributed by atoms with Crippen LogP contribution in [0.15, 0.2) is 46.2 Å². The van der Waals surface area contributed by atoms with E-state index in [1.807, 2.05) is 0 Å². The quantitative estimate of drug-likeness (QED) is 0.385. The average Bonchev–Trinajstić information content (AvgIpc) is 2.75. The maximum absolute atomic E-state index is 13.0. The summed E-state index contributed by atoms with van der Waals surface area (Å²) in [6, 6.07) is 7.96. The SMILES string of the molecule is CC(=O)NC[C@@H](O)COc1ccc(S(=O)(=O)c2cc(Cl)c(OC[C@@H](O)CCl)c(Cl)c2)cc1. The smallest absolute Gasteiger partial charge is 0.216 e. The number of halogens is 3. The van der Waals surface area contributed by atoms with Gasteiger partial charge in [0.05, 0.1) is 25.7 Å². The highest BCUT2D eigenvalue weighted by molar-refractivity contribution is 7.91. The predicted octanol–water partition coefficient (Wildman–Crippen LogP) is 2.68. The summed E-state index contributed by atoms with van der Waals surface area (Å²) in [6.07, 6.45) is -1.85. The first-order chi connectivity index (χ1) is 15.0. The summed E-state index contributed by atoms with van der Waals surface area (Å²) < 4.78 is 36.6. The molecule has 0 saturated heterocycles. The molecule has 2 aromatic carbocycles. The zero-order chi connectivity index (χ0) is 23.9. The van der Waals surface area contributed by atoms with Crippen LogP contribution in [0, 0.1) is 0 Å². The maximum Gasteiger partial charge on any atom is 0.216 e. The molecule has 8 nitrogen and oxygen atoms in total. The Kier molecular flexibility index (Phi) is 9.87. The number of carbonyl (C=O) groups is 1. The van der Waals surface area contributed by atoms with Crippen molar-refractivity contribution in [2.24, 2.45) is 0 Å². The van der Waals surface area contributed by atoms with Crippen molar-refractivity contribution in [3.63, 3.8) is 0 Å². The van der Waals surface area contributed by atoms with Crippen LogP contribution in [0.4, 0.5) is 0 Å². The fraction of sp³-hybridized carbons (Fsp3) is 0.350. The van der Waals surface area contributed by atoms with Gasteiger partial charge in [0.15, 0.2) is 5.75 Å². The number of aliphatic hydroxyl groups excluding tert-OH is 2. The number of carbonyl (C=O) groups excluding carboxylic acids is 1. The first-order valence-electron chi connectivity index (χ1n) is 9.31. The van der Waals surface area contributed by atoms with Crippen LogP contribution in [0.1, 0.15) is 6.92 Å². The van der Waals surface area contributed by atoms with E-state index in [0.717, 1.165) is 0 Å². The number of ether oxygens (including phenoxy) is 2. The van der Waals surface area contributed by atoms with E-state index in [4.69, 9.17) is 44.3 Å². The lowest BCUT2D eigenvalue weighted by Gasteiger charge is -2.14. The third-order valence-electron chi connectivity index (χ3n) is 4.04. The zero-order valence-corrected chi connectivity index (χ0v) is 20.0. The Labute approximate surface area is 200 Å². The number of hydrogen-bond acceptors (Lipinski definition) is 7. The number of hydrogen-bond donors (Lipinski definition) is 3. The normalized spacial score (nSPS) is 13.3. The van der Waals surface area contributed by atoms with Crippen molar-refractivity contribution in [3.8, 4) is 11.5 Å². The van der Waals surface area contributed by atoms with Crippen molar-refractivity contribution in [2.75, 3.05) is 25.6 Å². The monoisotopic (exact) mass is 525 g/mol. The fourth-order valence-electron chi connectivity index (χ4n) is 2.42. The molecule has 0 aliphatic carbocycles. The van der Waals surface area contributed by atoms with Gasteiger partial charge >= 0.3 is 0 Å². The molecule has 32 heavy (non-hydrogen) atoms. The third kappa shape index (κ3) is 7.40. The lowest BCUT2D eigenvalue weighted by Crippen LogP contribution is -2.33. The van der Waals surface area contributed by atoms with Gasteiger partial charge in [-0.2, -0.15) is 0 Å². The van der Waals surface area contributed by atoms with E-state index in [9.17, 15) is 23.4 Å². The fourth-order valence-corrected chi connectivity index (χ4v) is 4.54. The first kappa shape index (κ1) is 26.5. The lowest BCUT2D eigenvalue weighted by molar-refractivity contribution is -0.119. The molecule has 0 radical (unpaired) electrons. The van der Waals surface area contributed by atoms with Crippen molar-refractivity contribution in [1.29, 1.82) is 0 Å². The highest BCUT2D eigenvalue weighted by atomic mass is 35.5. The minimum Gasteiger partial charge on any atom is -0.491 e. The molecule has 3 N–H and O–H groups in total. The van der Waals surface area contributed by atoms with Crippen LogP contribution in [-0.2, 0) is 14.6 Å². The van der Waals surface area contributed by atoms with Gasteiger partial charge in [0.1, 0.15) is 31.2 Å². The second-order valence-corrected chi connectivity index (χ2v) is 9.78. The molecule has 0 fully saturated rings. The van der Waals surface area contributed by atoms with Crippen LogP contribution in [0.25, 0.3) is 0 Å². The summed E-state index contributed by atoms with van der Waals surface area (Å²) in [6.45, 7) is 1.13. The van der Waals surface area contributed by atoms with E-state index in [-0.39, 0.29) is 57.1 Å². The van der Waals surface area contributed by atoms with Gasteiger partial charge in [-0.15, -0.1) is 11.6 Å². The third-order valence-corrected chi connectivity index (χ3v) is 6.71. The molecule has 2 aromatic rings. The number of nitrogens with one attached hydrogen (secondary N) is 1. The molecule has 0 saturated carbocycles. The predicted molar refractivity (Wildman–Crippen MR) is 121 cm³/mol. The van der Waals surface area contributed by atoms with Crippen LogP contribution in [0.3, 0.4) is 0 Å². The van der Waals surface area contributed by atoms with E-state index in [1.54, 1.807) is 0 Å². The van der Waals surface area contributed by atoms with Crippen LogP contribution in [0.5, 0.6) is 11.5 Å². The Bertz CT molecular complexity index is 1010. The Morgan fingerprint density at radius 2 is 1.56 bits per heavy atom. The van der Waals surface area contributed by atoms with Crippen molar-refractivity contribution in [2.45, 2.75) is 28.9 Å². The molecule has 12 heteroatoms. The van der Waals surface area contributed by atoms with E-state index in [0.29, 0.717) is 5.75 Å². The number of aliphatic hydroxyl groups is 2. The topological polar surface area (TPSA) is 122 Å². The number of sulfone groups is 1. The second-order valence-electron chi connectivity index (χ2n) is 6.71. The molecular weight excluding hydrogens is 505 g/mol. The van der Waals surface area contributed by atoms with E-state index in [1.165, 1.54) is 43.3 Å². The summed E-state index contributed by atoms with van der Waals surface area (Å²) in [5, 5.41) is 21.6. The highest BCUT2D eigenvalue weighted by Crippen LogP contribution is 2.37. The van der Waals surface area contributed by atoms with Crippen LogP contribution in [-0.4, -0.2) is 62.4 Å². The molecule has 0 heterocycles. The molecular formula is C20H22Cl3NO7S. The van der Waals surface area contributed by atoms with Gasteiger partial charge in [-0.25, -0.2) is 8.42 Å². The Balaban J connectivity index is 2.12. The largest absolute Gasteiger partial charge is 0.491 e. The van der Waals surface area contributed by atoms with Crippen molar-refractivity contribution < 1.29 is 32.9 Å². The van der Waals surface area contributed by atoms with Crippen LogP contribution >= 0.6 is 34.8 Å². The summed E-state index contributed by atoms with van der Waals surface area (Å²) >= 11 is 17.8. The minimum atomic E-state index is -3.95. The van der Waals surface area contributed by atoms with E-state index >= 15 is 0 Å². The summed E-state index contributed by atoms with van der Waals surface area (Å²) in [5.74, 6) is 0.0585. The number of amides is 1. The summed E-state index contributed by atoms with van der Waals surface area (Å²) in [7, 11) is -3.95. The first-order valence-corrected chi connectivity index (χ1v) is 12.1. The van der Waals surface area contributed by atoms with Gasteiger partial charge < -0.3 is 25.0 Å². The van der Waals surface area contributed by atoms with Crippen LogP contribution in [0.2, 0.25) is 10.0 Å². The van der Waals surface area contributed by atoms with Crippen molar-refractivity contribution in [3.05, 3.63) is 46.4 Å². The summed E-state index contributed by atoms with van der Waals surface area (Å²) in [4.78, 5) is 10.7. The highest BCUT2D eigenvalue weighted by Gasteiger charge is 2.22. The van der Waals surface area contributed by atoms with Gasteiger partial charge in [0.25, 0.3) is 0 Å². The Morgan fingerprint density at radius 1 is 1.00 bits per heavy atom. The molecule has 176 valence electrons. The summed E-state index contributed by atoms with van der Waals surface area (Å²) in [5.41, 5.74) is 0. The number of alkyl halides is 1. The second kappa shape index (κ2) is 11.9. The molecule has 0 unspecified atom stereocenters. The van der Waals surface area contributed by atoms with Crippen molar-refractivity contribution >= 4 is 50.5 Å². The number of benzene rings is 2. The number of rotatable bonds is 11. The van der Waals surface area contributed by atoms with Gasteiger partial charge in [0, 0.05) is 13.5 Å². The maximum atomic E-state index is 13.0. The van der Waals surface area contributed by atoms with E-state index in [2.05, 4.69) is 5.32 Å². The van der Waals surface area contributed by atoms with Gasteiger partial charge in [-0.3, -0.25) is 4.79 Å². The molecule has 1 amide bonds. The van der Waals surface area contributed by atoms with Gasteiger partial charge in [0.2, 0.25) is 15.7 Å². The average molecular weight is 527 g/mol. The molecule has 2 atom stereocenters. The molecule has 0 spiro atoms. The molecule has 0 aliphatic heterocycles. The zero-order valence-electron chi connectivity index (χ0n) is 16.9. The molecule has 0 bridgehead atoms. The lowest BCUT2D eigenvalue weighted by atomic mass is 10.3. The van der Waals surface area contributed by atoms with Gasteiger partial charge in [-0.1, -0.05) is 23.2 Å². The van der Waals surface area contributed by atoms with E-state index < -0.39 is 22.0 Å². The Morgan fingerprint density at radius 3 is 2.09 bits per heavy atom. The van der Waals surface area contributed by atoms with Crippen LogP contribution < -0.4 is 14.8 Å². The van der Waals surface area contributed by atoms with Crippen molar-refractivity contribution in [1.82, 2.24) is 5.32 Å². The standard InChI is InChI=1S/C20H22Cl3NO7S/c1-12(25)24-9-14(27)11-30-15-2-4-16(5-3-15)32(28,29)17-6-18(22)20(19(23)7-17)31-10-13(26)8-21/h2-7,13-14,26-27H,8-11H2,1H3,(H,24,25)/t13-,14+/m0/s1. The molecule has 0 aliphatic rings.